The van der Waals surface area contributed by atoms with Crippen molar-refractivity contribution in [3.8, 4) is 0 Å². The minimum Gasteiger partial charge on any atom is -0.384 e. The molecule has 0 saturated heterocycles. The van der Waals surface area contributed by atoms with Crippen molar-refractivity contribution in [3.05, 3.63) is 63.3 Å². The Hall–Kier alpha value is -0.900. The van der Waals surface area contributed by atoms with Gasteiger partial charge < -0.3 is 5.11 Å². The SMILES string of the molecule is OC(c1cccc(Cl)c1)c1cncc(Br)c1. The molecule has 0 saturated carbocycles. The Balaban J connectivity index is 2.35. The molecule has 1 unspecified atom stereocenters. The van der Waals surface area contributed by atoms with Gasteiger partial charge in [0.25, 0.3) is 0 Å². The largest absolute Gasteiger partial charge is 0.384 e. The number of hydrogen-bond acceptors (Lipinski definition) is 2. The smallest absolute Gasteiger partial charge is 0.106 e. The van der Waals surface area contributed by atoms with E-state index in [1.54, 1.807) is 24.5 Å². The van der Waals surface area contributed by atoms with E-state index < -0.39 is 6.10 Å². The van der Waals surface area contributed by atoms with Crippen LogP contribution in [-0.2, 0) is 0 Å². The Bertz CT molecular complexity index is 458. The van der Waals surface area contributed by atoms with E-state index in [1.165, 1.54) is 0 Å². The number of hydrogen-bond donors (Lipinski definition) is 1. The Morgan fingerprint density at radius 1 is 1.19 bits per heavy atom. The van der Waals surface area contributed by atoms with Crippen LogP contribution in [0.3, 0.4) is 0 Å². The van der Waals surface area contributed by atoms with Gasteiger partial charge >= 0.3 is 0 Å². The first-order valence-corrected chi connectivity index (χ1v) is 5.88. The van der Waals surface area contributed by atoms with Crippen LogP contribution < -0.4 is 0 Å². The summed E-state index contributed by atoms with van der Waals surface area (Å²) >= 11 is 9.19. The van der Waals surface area contributed by atoms with E-state index in [9.17, 15) is 5.11 Å². The normalized spacial score (nSPS) is 12.4. The van der Waals surface area contributed by atoms with Crippen molar-refractivity contribution in [3.63, 3.8) is 0 Å². The first-order valence-electron chi connectivity index (χ1n) is 4.71. The van der Waals surface area contributed by atoms with Gasteiger partial charge in [-0.2, -0.15) is 0 Å². The number of pyridine rings is 1. The van der Waals surface area contributed by atoms with Crippen LogP contribution in [0.25, 0.3) is 0 Å². The lowest BCUT2D eigenvalue weighted by Gasteiger charge is -2.11. The Morgan fingerprint density at radius 3 is 2.69 bits per heavy atom. The molecule has 4 heteroatoms. The van der Waals surface area contributed by atoms with E-state index in [0.29, 0.717) is 5.02 Å². The number of aromatic nitrogens is 1. The Morgan fingerprint density at radius 2 is 2.00 bits per heavy atom. The topological polar surface area (TPSA) is 33.1 Å². The highest BCUT2D eigenvalue weighted by atomic mass is 79.9. The van der Waals surface area contributed by atoms with Crippen molar-refractivity contribution in [1.82, 2.24) is 4.98 Å². The summed E-state index contributed by atoms with van der Waals surface area (Å²) in [7, 11) is 0. The maximum Gasteiger partial charge on any atom is 0.106 e. The molecular formula is C12H9BrClNO. The molecule has 16 heavy (non-hydrogen) atoms. The lowest BCUT2D eigenvalue weighted by atomic mass is 10.0. The molecule has 2 nitrogen and oxygen atoms in total. The van der Waals surface area contributed by atoms with E-state index in [0.717, 1.165) is 15.6 Å². The van der Waals surface area contributed by atoms with E-state index in [4.69, 9.17) is 11.6 Å². The van der Waals surface area contributed by atoms with Crippen LogP contribution in [0.5, 0.6) is 0 Å². The number of aliphatic hydroxyl groups is 1. The zero-order valence-corrected chi connectivity index (χ0v) is 10.6. The second-order valence-corrected chi connectivity index (χ2v) is 4.75. The Labute approximate surface area is 107 Å². The van der Waals surface area contributed by atoms with Gasteiger partial charge in [0.2, 0.25) is 0 Å². The Kier molecular flexibility index (Phi) is 3.59. The van der Waals surface area contributed by atoms with Crippen LogP contribution in [0.15, 0.2) is 47.2 Å². The number of aliphatic hydroxyl groups excluding tert-OH is 1. The van der Waals surface area contributed by atoms with Gasteiger partial charge in [-0.15, -0.1) is 0 Å². The van der Waals surface area contributed by atoms with Gasteiger partial charge in [0.15, 0.2) is 0 Å². The van der Waals surface area contributed by atoms with Gasteiger partial charge in [-0.25, -0.2) is 0 Å². The van der Waals surface area contributed by atoms with Crippen molar-refractivity contribution >= 4 is 27.5 Å². The van der Waals surface area contributed by atoms with Crippen molar-refractivity contribution in [2.24, 2.45) is 0 Å². The van der Waals surface area contributed by atoms with Crippen molar-refractivity contribution in [2.75, 3.05) is 0 Å². The average Bonchev–Trinajstić information content (AvgIpc) is 2.28. The number of halogens is 2. The molecule has 1 atom stereocenters. The van der Waals surface area contributed by atoms with Crippen LogP contribution in [0, 0.1) is 0 Å². The molecule has 1 heterocycles. The van der Waals surface area contributed by atoms with Crippen molar-refractivity contribution < 1.29 is 5.11 Å². The van der Waals surface area contributed by atoms with E-state index in [2.05, 4.69) is 20.9 Å². The van der Waals surface area contributed by atoms with Gasteiger partial charge in [0, 0.05) is 27.5 Å². The standard InChI is InChI=1S/C12H9BrClNO/c13-10-4-9(6-15-7-10)12(16)8-2-1-3-11(14)5-8/h1-7,12,16H. The summed E-state index contributed by atoms with van der Waals surface area (Å²) in [6.07, 6.45) is 2.61. The molecule has 0 aliphatic carbocycles. The molecule has 0 bridgehead atoms. The second-order valence-electron chi connectivity index (χ2n) is 3.39. The molecule has 0 aliphatic rings. The predicted octanol–water partition coefficient (Wildman–Crippen LogP) is 3.58. The first-order chi connectivity index (χ1) is 7.66. The predicted molar refractivity (Wildman–Crippen MR) is 67.5 cm³/mol. The molecule has 0 aliphatic heterocycles. The number of benzene rings is 1. The minimum atomic E-state index is -0.705. The summed E-state index contributed by atoms with van der Waals surface area (Å²) in [4.78, 5) is 4.01. The molecular weight excluding hydrogens is 289 g/mol. The fraction of sp³-hybridized carbons (Fsp3) is 0.0833. The third-order valence-corrected chi connectivity index (χ3v) is 2.87. The van der Waals surface area contributed by atoms with Gasteiger partial charge in [-0.1, -0.05) is 23.7 Å². The van der Waals surface area contributed by atoms with Crippen LogP contribution in [-0.4, -0.2) is 10.1 Å². The van der Waals surface area contributed by atoms with Crippen LogP contribution in [0.2, 0.25) is 5.02 Å². The lowest BCUT2D eigenvalue weighted by Crippen LogP contribution is -2.00. The summed E-state index contributed by atoms with van der Waals surface area (Å²) in [5.41, 5.74) is 1.49. The molecule has 0 spiro atoms. The highest BCUT2D eigenvalue weighted by molar-refractivity contribution is 9.10. The van der Waals surface area contributed by atoms with Gasteiger partial charge in [-0.05, 0) is 39.7 Å². The summed E-state index contributed by atoms with van der Waals surface area (Å²) in [5, 5.41) is 10.7. The minimum absolute atomic E-state index is 0.611. The third kappa shape index (κ3) is 2.61. The fourth-order valence-corrected chi connectivity index (χ4v) is 2.03. The van der Waals surface area contributed by atoms with Crippen LogP contribution in [0.4, 0.5) is 0 Å². The molecule has 2 aromatic rings. The number of nitrogens with zero attached hydrogens (tertiary/aromatic N) is 1. The van der Waals surface area contributed by atoms with Gasteiger partial charge in [0.1, 0.15) is 6.10 Å². The second kappa shape index (κ2) is 4.95. The van der Waals surface area contributed by atoms with E-state index in [1.807, 2.05) is 18.2 Å². The van der Waals surface area contributed by atoms with Crippen molar-refractivity contribution in [1.29, 1.82) is 0 Å². The molecule has 1 N–H and O–H groups in total. The molecule has 0 amide bonds. The molecule has 0 fully saturated rings. The lowest BCUT2D eigenvalue weighted by molar-refractivity contribution is 0.220. The highest BCUT2D eigenvalue weighted by Crippen LogP contribution is 2.25. The molecule has 0 radical (unpaired) electrons. The zero-order chi connectivity index (χ0) is 11.5. The molecule has 82 valence electrons. The quantitative estimate of drug-likeness (QED) is 0.919. The zero-order valence-electron chi connectivity index (χ0n) is 8.27. The number of rotatable bonds is 2. The molecule has 1 aromatic carbocycles. The highest BCUT2D eigenvalue weighted by Gasteiger charge is 2.11. The summed E-state index contributed by atoms with van der Waals surface area (Å²) in [6.45, 7) is 0. The van der Waals surface area contributed by atoms with Crippen LogP contribution in [0.1, 0.15) is 17.2 Å². The molecule has 2 rings (SSSR count). The first kappa shape index (κ1) is 11.6. The van der Waals surface area contributed by atoms with E-state index >= 15 is 0 Å². The van der Waals surface area contributed by atoms with Crippen molar-refractivity contribution in [2.45, 2.75) is 6.10 Å². The monoisotopic (exact) mass is 297 g/mol. The van der Waals surface area contributed by atoms with Gasteiger partial charge in [0.05, 0.1) is 0 Å². The molecule has 1 aromatic heterocycles. The van der Waals surface area contributed by atoms with Gasteiger partial charge in [-0.3, -0.25) is 4.98 Å². The summed E-state index contributed by atoms with van der Waals surface area (Å²) in [6, 6.07) is 8.99. The maximum absolute atomic E-state index is 10.1. The summed E-state index contributed by atoms with van der Waals surface area (Å²) in [5.74, 6) is 0. The summed E-state index contributed by atoms with van der Waals surface area (Å²) < 4.78 is 0.839. The maximum atomic E-state index is 10.1. The average molecular weight is 299 g/mol. The third-order valence-electron chi connectivity index (χ3n) is 2.21. The van der Waals surface area contributed by atoms with E-state index in [-0.39, 0.29) is 0 Å². The van der Waals surface area contributed by atoms with Crippen LogP contribution >= 0.6 is 27.5 Å². The fourth-order valence-electron chi connectivity index (χ4n) is 1.45.